The van der Waals surface area contributed by atoms with Gasteiger partial charge in [-0.25, -0.2) is 0 Å². The molecule has 0 aliphatic heterocycles. The second kappa shape index (κ2) is 6.93. The molecule has 2 N–H and O–H groups in total. The highest BCUT2D eigenvalue weighted by molar-refractivity contribution is 9.10. The normalized spacial score (nSPS) is 22.8. The Labute approximate surface area is 122 Å². The zero-order chi connectivity index (χ0) is 13.7. The molecule has 1 aliphatic rings. The van der Waals surface area contributed by atoms with Crippen LogP contribution in [0.1, 0.15) is 31.2 Å². The van der Waals surface area contributed by atoms with Crippen molar-refractivity contribution in [2.45, 2.75) is 25.7 Å². The lowest BCUT2D eigenvalue weighted by Gasteiger charge is -2.30. The number of nitriles is 1. The quantitative estimate of drug-likeness (QED) is 0.923. The Morgan fingerprint density at radius 2 is 2.05 bits per heavy atom. The molecule has 1 aromatic rings. The molecule has 1 aromatic carbocycles. The minimum absolute atomic E-state index is 0.518. The van der Waals surface area contributed by atoms with Crippen molar-refractivity contribution in [2.24, 2.45) is 17.6 Å². The molecular formula is C15H19BrN2O. The molecule has 1 aliphatic carbocycles. The highest BCUT2D eigenvalue weighted by atomic mass is 79.9. The summed E-state index contributed by atoms with van der Waals surface area (Å²) in [5, 5.41) is 9.08. The number of nitrogens with zero attached hydrogens (tertiary/aromatic N) is 1. The van der Waals surface area contributed by atoms with Gasteiger partial charge in [0.25, 0.3) is 0 Å². The van der Waals surface area contributed by atoms with E-state index in [1.165, 1.54) is 25.7 Å². The number of benzene rings is 1. The third-order valence-electron chi connectivity index (χ3n) is 3.89. The van der Waals surface area contributed by atoms with Gasteiger partial charge in [-0.3, -0.25) is 0 Å². The van der Waals surface area contributed by atoms with Gasteiger partial charge < -0.3 is 10.5 Å². The predicted octanol–water partition coefficient (Wildman–Crippen LogP) is 3.46. The van der Waals surface area contributed by atoms with Gasteiger partial charge in [0.2, 0.25) is 0 Å². The molecule has 0 bridgehead atoms. The van der Waals surface area contributed by atoms with E-state index in [0.29, 0.717) is 29.8 Å². The van der Waals surface area contributed by atoms with E-state index in [1.54, 1.807) is 6.07 Å². The van der Waals surface area contributed by atoms with Gasteiger partial charge in [-0.1, -0.05) is 28.8 Å². The Balaban J connectivity index is 2.01. The van der Waals surface area contributed by atoms with Crippen molar-refractivity contribution in [3.8, 4) is 11.8 Å². The van der Waals surface area contributed by atoms with Gasteiger partial charge in [0.15, 0.2) is 0 Å². The largest absolute Gasteiger partial charge is 0.492 e. The summed E-state index contributed by atoms with van der Waals surface area (Å²) in [6, 6.07) is 7.66. The minimum atomic E-state index is 0.518. The van der Waals surface area contributed by atoms with Gasteiger partial charge in [-0.15, -0.1) is 0 Å². The van der Waals surface area contributed by atoms with Crippen LogP contribution in [-0.2, 0) is 0 Å². The smallest absolute Gasteiger partial charge is 0.138 e. The summed E-state index contributed by atoms with van der Waals surface area (Å²) in [5.41, 5.74) is 6.41. The maximum absolute atomic E-state index is 9.08. The molecule has 0 spiro atoms. The lowest BCUT2D eigenvalue weighted by molar-refractivity contribution is 0.153. The monoisotopic (exact) mass is 322 g/mol. The van der Waals surface area contributed by atoms with Crippen molar-refractivity contribution in [1.29, 1.82) is 5.26 Å². The molecule has 1 fully saturated rings. The number of ether oxygens (including phenoxy) is 1. The summed E-state index contributed by atoms with van der Waals surface area (Å²) in [4.78, 5) is 0. The van der Waals surface area contributed by atoms with Gasteiger partial charge in [0.05, 0.1) is 12.2 Å². The van der Waals surface area contributed by atoms with Crippen LogP contribution in [-0.4, -0.2) is 13.2 Å². The molecule has 0 aromatic heterocycles. The number of halogens is 1. The molecule has 3 nitrogen and oxygen atoms in total. The molecule has 0 heterocycles. The van der Waals surface area contributed by atoms with Crippen LogP contribution in [0.2, 0.25) is 0 Å². The molecule has 2 rings (SSSR count). The van der Waals surface area contributed by atoms with Gasteiger partial charge in [-0.2, -0.15) is 5.26 Å². The molecule has 0 radical (unpaired) electrons. The second-order valence-corrected chi connectivity index (χ2v) is 6.02. The summed E-state index contributed by atoms with van der Waals surface area (Å²) in [6.07, 6.45) is 4.92. The first-order valence-corrected chi connectivity index (χ1v) is 7.56. The van der Waals surface area contributed by atoms with Crippen molar-refractivity contribution in [3.63, 3.8) is 0 Å². The highest BCUT2D eigenvalue weighted by Gasteiger charge is 2.24. The van der Waals surface area contributed by atoms with Crippen molar-refractivity contribution in [2.75, 3.05) is 13.2 Å². The maximum atomic E-state index is 9.08. The van der Waals surface area contributed by atoms with E-state index in [-0.39, 0.29) is 0 Å². The number of nitrogens with two attached hydrogens (primary N) is 1. The lowest BCUT2D eigenvalue weighted by Crippen LogP contribution is -2.30. The maximum Gasteiger partial charge on any atom is 0.138 e. The van der Waals surface area contributed by atoms with Crippen LogP contribution in [0.25, 0.3) is 0 Å². The molecule has 19 heavy (non-hydrogen) atoms. The van der Waals surface area contributed by atoms with Crippen molar-refractivity contribution in [3.05, 3.63) is 28.2 Å². The molecule has 102 valence electrons. The summed E-state index contributed by atoms with van der Waals surface area (Å²) in [7, 11) is 0. The minimum Gasteiger partial charge on any atom is -0.492 e. The Hall–Kier alpha value is -1.05. The van der Waals surface area contributed by atoms with E-state index in [2.05, 4.69) is 22.0 Å². The van der Waals surface area contributed by atoms with Crippen molar-refractivity contribution < 1.29 is 4.74 Å². The molecule has 1 saturated carbocycles. The van der Waals surface area contributed by atoms with Crippen LogP contribution in [0.3, 0.4) is 0 Å². The van der Waals surface area contributed by atoms with E-state index < -0.39 is 0 Å². The highest BCUT2D eigenvalue weighted by Crippen LogP contribution is 2.31. The molecule has 2 atom stereocenters. The van der Waals surface area contributed by atoms with Gasteiger partial charge in [-0.05, 0) is 49.4 Å². The standard InChI is InChI=1S/C15H19BrN2O/c16-14-6-5-12(9-18)15(7-14)19-10-13-4-2-1-3-11(13)8-17/h5-7,11,13H,1-4,8,10,17H2. The summed E-state index contributed by atoms with van der Waals surface area (Å²) < 4.78 is 6.80. The van der Waals surface area contributed by atoms with E-state index in [4.69, 9.17) is 15.7 Å². The SMILES string of the molecule is N#Cc1ccc(Br)cc1OCC1CCCCC1CN. The number of rotatable bonds is 4. The molecule has 2 unspecified atom stereocenters. The average Bonchev–Trinajstić information content (AvgIpc) is 2.45. The van der Waals surface area contributed by atoms with E-state index in [1.807, 2.05) is 12.1 Å². The van der Waals surface area contributed by atoms with Crippen LogP contribution >= 0.6 is 15.9 Å². The first-order chi connectivity index (χ1) is 9.24. The third kappa shape index (κ3) is 3.71. The molecule has 4 heteroatoms. The Morgan fingerprint density at radius 1 is 1.32 bits per heavy atom. The van der Waals surface area contributed by atoms with Crippen LogP contribution in [0.15, 0.2) is 22.7 Å². The zero-order valence-corrected chi connectivity index (χ0v) is 12.5. The zero-order valence-electron chi connectivity index (χ0n) is 10.9. The van der Waals surface area contributed by atoms with E-state index >= 15 is 0 Å². The molecule has 0 amide bonds. The summed E-state index contributed by atoms with van der Waals surface area (Å²) >= 11 is 3.41. The van der Waals surface area contributed by atoms with Crippen LogP contribution in [0.4, 0.5) is 0 Å². The third-order valence-corrected chi connectivity index (χ3v) is 4.38. The fourth-order valence-electron chi connectivity index (χ4n) is 2.72. The summed E-state index contributed by atoms with van der Waals surface area (Å²) in [6.45, 7) is 1.39. The Kier molecular flexibility index (Phi) is 5.24. The first kappa shape index (κ1) is 14.4. The first-order valence-electron chi connectivity index (χ1n) is 6.77. The van der Waals surface area contributed by atoms with Crippen molar-refractivity contribution in [1.82, 2.24) is 0 Å². The van der Waals surface area contributed by atoms with Crippen LogP contribution in [0.5, 0.6) is 5.75 Å². The number of hydrogen-bond donors (Lipinski definition) is 1. The van der Waals surface area contributed by atoms with E-state index in [0.717, 1.165) is 11.0 Å². The van der Waals surface area contributed by atoms with Gasteiger partial charge in [0.1, 0.15) is 11.8 Å². The molecular weight excluding hydrogens is 304 g/mol. The fraction of sp³-hybridized carbons (Fsp3) is 0.533. The van der Waals surface area contributed by atoms with Crippen molar-refractivity contribution >= 4 is 15.9 Å². The van der Waals surface area contributed by atoms with E-state index in [9.17, 15) is 0 Å². The Bertz CT molecular complexity index is 470. The van der Waals surface area contributed by atoms with Crippen LogP contribution in [0, 0.1) is 23.2 Å². The van der Waals surface area contributed by atoms with Gasteiger partial charge in [0, 0.05) is 4.47 Å². The Morgan fingerprint density at radius 3 is 2.74 bits per heavy atom. The topological polar surface area (TPSA) is 59.0 Å². The number of hydrogen-bond acceptors (Lipinski definition) is 3. The fourth-order valence-corrected chi connectivity index (χ4v) is 3.06. The molecule has 0 saturated heterocycles. The van der Waals surface area contributed by atoms with Crippen LogP contribution < -0.4 is 10.5 Å². The predicted molar refractivity (Wildman–Crippen MR) is 78.9 cm³/mol. The van der Waals surface area contributed by atoms with Gasteiger partial charge >= 0.3 is 0 Å². The summed E-state index contributed by atoms with van der Waals surface area (Å²) in [5.74, 6) is 1.74. The second-order valence-electron chi connectivity index (χ2n) is 5.10. The lowest BCUT2D eigenvalue weighted by atomic mass is 9.80. The average molecular weight is 323 g/mol.